The van der Waals surface area contributed by atoms with Crippen LogP contribution < -0.4 is 4.74 Å². The summed E-state index contributed by atoms with van der Waals surface area (Å²) in [6.07, 6.45) is 0.998. The van der Waals surface area contributed by atoms with Gasteiger partial charge in [-0.1, -0.05) is 12.1 Å². The molecular formula is C15H16BrNO2. The fourth-order valence-corrected chi connectivity index (χ4v) is 2.26. The Morgan fingerprint density at radius 3 is 2.68 bits per heavy atom. The standard InChI is InChI=1S/C15H16BrNO2/c1-10(2)19-12-6-3-5-11(9-12)15(18)14-13(16)7-4-8-17-14/h3-10,15,18H,1-2H3. The van der Waals surface area contributed by atoms with Crippen molar-refractivity contribution in [1.29, 1.82) is 0 Å². The molecule has 2 rings (SSSR count). The molecule has 1 aromatic carbocycles. The Balaban J connectivity index is 2.29. The van der Waals surface area contributed by atoms with Crippen LogP contribution in [0.4, 0.5) is 0 Å². The number of rotatable bonds is 4. The van der Waals surface area contributed by atoms with Gasteiger partial charge in [0.05, 0.1) is 11.8 Å². The van der Waals surface area contributed by atoms with Crippen LogP contribution in [0.25, 0.3) is 0 Å². The van der Waals surface area contributed by atoms with Gasteiger partial charge in [-0.2, -0.15) is 0 Å². The molecule has 0 aliphatic carbocycles. The summed E-state index contributed by atoms with van der Waals surface area (Å²) in [7, 11) is 0. The molecule has 100 valence electrons. The van der Waals surface area contributed by atoms with Gasteiger partial charge in [0, 0.05) is 10.7 Å². The zero-order valence-corrected chi connectivity index (χ0v) is 12.5. The second-order valence-electron chi connectivity index (χ2n) is 4.51. The summed E-state index contributed by atoms with van der Waals surface area (Å²) in [5, 5.41) is 10.4. The molecule has 0 fully saturated rings. The highest BCUT2D eigenvalue weighted by Gasteiger charge is 2.15. The van der Waals surface area contributed by atoms with Gasteiger partial charge in [-0.25, -0.2) is 0 Å². The Hall–Kier alpha value is -1.39. The van der Waals surface area contributed by atoms with E-state index in [9.17, 15) is 5.11 Å². The van der Waals surface area contributed by atoms with Crippen LogP contribution in [0.1, 0.15) is 31.2 Å². The van der Waals surface area contributed by atoms with Crippen molar-refractivity contribution in [1.82, 2.24) is 4.98 Å². The van der Waals surface area contributed by atoms with Gasteiger partial charge in [-0.05, 0) is 59.6 Å². The predicted octanol–water partition coefficient (Wildman–Crippen LogP) is 3.71. The average molecular weight is 322 g/mol. The number of halogens is 1. The van der Waals surface area contributed by atoms with E-state index in [1.165, 1.54) is 0 Å². The zero-order chi connectivity index (χ0) is 13.8. The molecule has 19 heavy (non-hydrogen) atoms. The maximum Gasteiger partial charge on any atom is 0.122 e. The van der Waals surface area contributed by atoms with Crippen molar-refractivity contribution >= 4 is 15.9 Å². The molecule has 4 heteroatoms. The van der Waals surface area contributed by atoms with Gasteiger partial charge in [0.2, 0.25) is 0 Å². The third kappa shape index (κ3) is 3.55. The molecular weight excluding hydrogens is 306 g/mol. The molecule has 0 bridgehead atoms. The summed E-state index contributed by atoms with van der Waals surface area (Å²) < 4.78 is 6.42. The van der Waals surface area contributed by atoms with Gasteiger partial charge >= 0.3 is 0 Å². The summed E-state index contributed by atoms with van der Waals surface area (Å²) in [5.74, 6) is 0.749. The number of hydrogen-bond donors (Lipinski definition) is 1. The number of benzene rings is 1. The minimum absolute atomic E-state index is 0.106. The fourth-order valence-electron chi connectivity index (χ4n) is 1.79. The predicted molar refractivity (Wildman–Crippen MR) is 78.2 cm³/mol. The second-order valence-corrected chi connectivity index (χ2v) is 5.37. The number of pyridine rings is 1. The lowest BCUT2D eigenvalue weighted by molar-refractivity contribution is 0.211. The Bertz CT molecular complexity index is 557. The smallest absolute Gasteiger partial charge is 0.122 e. The van der Waals surface area contributed by atoms with E-state index in [0.29, 0.717) is 5.69 Å². The summed E-state index contributed by atoms with van der Waals surface area (Å²) in [5.41, 5.74) is 1.36. The first-order valence-electron chi connectivity index (χ1n) is 6.13. The number of hydrogen-bond acceptors (Lipinski definition) is 3. The first kappa shape index (κ1) is 14.0. The molecule has 0 radical (unpaired) electrons. The Morgan fingerprint density at radius 1 is 1.21 bits per heavy atom. The molecule has 2 aromatic rings. The Morgan fingerprint density at radius 2 is 2.00 bits per heavy atom. The zero-order valence-electron chi connectivity index (χ0n) is 10.9. The van der Waals surface area contributed by atoms with E-state index in [1.54, 1.807) is 6.20 Å². The van der Waals surface area contributed by atoms with Crippen LogP contribution in [0.3, 0.4) is 0 Å². The van der Waals surface area contributed by atoms with Crippen LogP contribution in [0, 0.1) is 0 Å². The average Bonchev–Trinajstić information content (AvgIpc) is 2.38. The molecule has 0 saturated heterocycles. The molecule has 1 heterocycles. The van der Waals surface area contributed by atoms with Gasteiger partial charge in [0.25, 0.3) is 0 Å². The number of ether oxygens (including phenoxy) is 1. The molecule has 0 spiro atoms. The lowest BCUT2D eigenvalue weighted by Gasteiger charge is -2.15. The molecule has 3 nitrogen and oxygen atoms in total. The fraction of sp³-hybridized carbons (Fsp3) is 0.267. The van der Waals surface area contributed by atoms with Gasteiger partial charge in [-0.15, -0.1) is 0 Å². The highest BCUT2D eigenvalue weighted by atomic mass is 79.9. The van der Waals surface area contributed by atoms with E-state index in [0.717, 1.165) is 15.8 Å². The van der Waals surface area contributed by atoms with Crippen LogP contribution >= 0.6 is 15.9 Å². The minimum atomic E-state index is -0.772. The van der Waals surface area contributed by atoms with Crippen molar-refractivity contribution in [2.45, 2.75) is 26.1 Å². The summed E-state index contributed by atoms with van der Waals surface area (Å²) in [4.78, 5) is 4.21. The lowest BCUT2D eigenvalue weighted by Crippen LogP contribution is -2.07. The summed E-state index contributed by atoms with van der Waals surface area (Å²) in [6, 6.07) is 11.1. The van der Waals surface area contributed by atoms with E-state index in [4.69, 9.17) is 4.74 Å². The van der Waals surface area contributed by atoms with Crippen molar-refractivity contribution in [2.75, 3.05) is 0 Å². The van der Waals surface area contributed by atoms with Gasteiger partial charge < -0.3 is 9.84 Å². The lowest BCUT2D eigenvalue weighted by atomic mass is 10.1. The minimum Gasteiger partial charge on any atom is -0.491 e. The van der Waals surface area contributed by atoms with Gasteiger partial charge in [0.1, 0.15) is 11.9 Å². The molecule has 1 unspecified atom stereocenters. The van der Waals surface area contributed by atoms with Crippen molar-refractivity contribution in [3.63, 3.8) is 0 Å². The molecule has 0 amide bonds. The summed E-state index contributed by atoms with van der Waals surface area (Å²) in [6.45, 7) is 3.94. The monoisotopic (exact) mass is 321 g/mol. The van der Waals surface area contributed by atoms with Gasteiger partial charge in [0.15, 0.2) is 0 Å². The quantitative estimate of drug-likeness (QED) is 0.933. The molecule has 0 saturated carbocycles. The topological polar surface area (TPSA) is 42.4 Å². The largest absolute Gasteiger partial charge is 0.491 e. The van der Waals surface area contributed by atoms with E-state index in [-0.39, 0.29) is 6.10 Å². The Kier molecular flexibility index (Phi) is 4.56. The van der Waals surface area contributed by atoms with Crippen LogP contribution in [0.2, 0.25) is 0 Å². The number of nitrogens with zero attached hydrogens (tertiary/aromatic N) is 1. The summed E-state index contributed by atoms with van der Waals surface area (Å²) >= 11 is 3.40. The van der Waals surface area contributed by atoms with Crippen molar-refractivity contribution in [3.8, 4) is 5.75 Å². The highest BCUT2D eigenvalue weighted by Crippen LogP contribution is 2.28. The van der Waals surface area contributed by atoms with Crippen molar-refractivity contribution in [3.05, 3.63) is 58.3 Å². The molecule has 1 atom stereocenters. The van der Waals surface area contributed by atoms with Crippen molar-refractivity contribution < 1.29 is 9.84 Å². The number of aliphatic hydroxyl groups is 1. The third-order valence-corrected chi connectivity index (χ3v) is 3.26. The Labute approximate surface area is 121 Å². The SMILES string of the molecule is CC(C)Oc1cccc(C(O)c2ncccc2Br)c1. The van der Waals surface area contributed by atoms with Crippen LogP contribution in [-0.2, 0) is 0 Å². The van der Waals surface area contributed by atoms with Crippen LogP contribution in [0.15, 0.2) is 47.1 Å². The maximum atomic E-state index is 10.4. The van der Waals surface area contributed by atoms with Crippen LogP contribution in [0.5, 0.6) is 5.75 Å². The molecule has 0 aliphatic rings. The molecule has 1 N–H and O–H groups in total. The highest BCUT2D eigenvalue weighted by molar-refractivity contribution is 9.10. The third-order valence-electron chi connectivity index (χ3n) is 2.59. The van der Waals surface area contributed by atoms with Crippen LogP contribution in [-0.4, -0.2) is 16.2 Å². The van der Waals surface area contributed by atoms with E-state index >= 15 is 0 Å². The van der Waals surface area contributed by atoms with E-state index < -0.39 is 6.10 Å². The first-order chi connectivity index (χ1) is 9.08. The molecule has 1 aromatic heterocycles. The normalized spacial score (nSPS) is 12.5. The maximum absolute atomic E-state index is 10.4. The van der Waals surface area contributed by atoms with E-state index in [2.05, 4.69) is 20.9 Å². The number of aliphatic hydroxyl groups excluding tert-OH is 1. The second kappa shape index (κ2) is 6.17. The van der Waals surface area contributed by atoms with E-state index in [1.807, 2.05) is 50.2 Å². The van der Waals surface area contributed by atoms with Gasteiger partial charge in [-0.3, -0.25) is 4.98 Å². The number of aromatic nitrogens is 1. The first-order valence-corrected chi connectivity index (χ1v) is 6.92. The molecule has 0 aliphatic heterocycles. The van der Waals surface area contributed by atoms with Crippen molar-refractivity contribution in [2.24, 2.45) is 0 Å².